The Morgan fingerprint density at radius 1 is 1.59 bits per heavy atom. The smallest absolute Gasteiger partial charge is 0.307 e. The number of nitrogens with zero attached hydrogens (tertiary/aromatic N) is 1. The Morgan fingerprint density at radius 2 is 2.29 bits per heavy atom. The van der Waals surface area contributed by atoms with Gasteiger partial charge in [-0.05, 0) is 11.6 Å². The number of carboxylic acid groups (broad SMARTS) is 1. The van der Waals surface area contributed by atoms with Crippen molar-refractivity contribution in [3.8, 4) is 0 Å². The molecule has 17 heavy (non-hydrogen) atoms. The van der Waals surface area contributed by atoms with Gasteiger partial charge in [0.15, 0.2) is 0 Å². The lowest BCUT2D eigenvalue weighted by molar-refractivity contribution is -0.383. The van der Waals surface area contributed by atoms with Crippen LogP contribution in [0.2, 0.25) is 0 Å². The number of nitro groups is 1. The van der Waals surface area contributed by atoms with Crippen molar-refractivity contribution in [3.63, 3.8) is 0 Å². The lowest BCUT2D eigenvalue weighted by Gasteiger charge is -2.02. The topological polar surface area (TPSA) is 92.5 Å². The highest BCUT2D eigenvalue weighted by Crippen LogP contribution is 2.25. The van der Waals surface area contributed by atoms with Crippen molar-refractivity contribution in [1.82, 2.24) is 0 Å². The molecule has 0 saturated heterocycles. The van der Waals surface area contributed by atoms with Gasteiger partial charge in [0, 0.05) is 13.1 Å². The van der Waals surface area contributed by atoms with Gasteiger partial charge >= 0.3 is 5.97 Å². The molecule has 2 N–H and O–H groups in total. The predicted octanol–water partition coefficient (Wildman–Crippen LogP) is 2.12. The maximum atomic E-state index is 10.8. The summed E-state index contributed by atoms with van der Waals surface area (Å²) >= 11 is 0. The summed E-state index contributed by atoms with van der Waals surface area (Å²) in [6, 6.07) is 4.65. The number of carboxylic acids is 1. The van der Waals surface area contributed by atoms with Crippen molar-refractivity contribution in [1.29, 1.82) is 0 Å². The molecule has 0 unspecified atom stereocenters. The van der Waals surface area contributed by atoms with E-state index in [2.05, 4.69) is 5.32 Å². The summed E-state index contributed by atoms with van der Waals surface area (Å²) in [5.41, 5.74) is 0.979. The first-order valence-corrected chi connectivity index (χ1v) is 4.89. The number of benzene rings is 1. The number of rotatable bonds is 5. The van der Waals surface area contributed by atoms with Crippen LogP contribution < -0.4 is 5.32 Å². The average molecular weight is 236 g/mol. The maximum Gasteiger partial charge on any atom is 0.307 e. The molecule has 0 atom stereocenters. The van der Waals surface area contributed by atoms with Gasteiger partial charge in [-0.1, -0.05) is 18.2 Å². The minimum absolute atomic E-state index is 0.0371. The molecule has 0 fully saturated rings. The Bertz CT molecular complexity index is 469. The first-order chi connectivity index (χ1) is 8.04. The summed E-state index contributed by atoms with van der Waals surface area (Å²) in [6.07, 6.45) is 2.88. The second-order valence-corrected chi connectivity index (χ2v) is 3.28. The number of hydrogen-bond donors (Lipinski definition) is 2. The van der Waals surface area contributed by atoms with Crippen LogP contribution in [0.1, 0.15) is 12.0 Å². The maximum absolute atomic E-state index is 10.8. The van der Waals surface area contributed by atoms with E-state index in [1.54, 1.807) is 25.3 Å². The van der Waals surface area contributed by atoms with Gasteiger partial charge < -0.3 is 10.4 Å². The first kappa shape index (κ1) is 12.7. The van der Waals surface area contributed by atoms with Crippen molar-refractivity contribution in [3.05, 3.63) is 40.0 Å². The van der Waals surface area contributed by atoms with E-state index < -0.39 is 10.9 Å². The van der Waals surface area contributed by atoms with Crippen LogP contribution in [0.25, 0.3) is 6.08 Å². The van der Waals surface area contributed by atoms with Crippen LogP contribution in [0.5, 0.6) is 0 Å². The lowest BCUT2D eigenvalue weighted by Crippen LogP contribution is -1.96. The molecule has 0 aliphatic rings. The molecule has 6 heteroatoms. The van der Waals surface area contributed by atoms with Gasteiger partial charge in [-0.25, -0.2) is 0 Å². The molecule has 0 radical (unpaired) electrons. The van der Waals surface area contributed by atoms with Crippen molar-refractivity contribution < 1.29 is 14.8 Å². The van der Waals surface area contributed by atoms with Gasteiger partial charge in [-0.3, -0.25) is 14.9 Å². The molecule has 0 aliphatic carbocycles. The van der Waals surface area contributed by atoms with E-state index in [9.17, 15) is 14.9 Å². The Morgan fingerprint density at radius 3 is 2.82 bits per heavy atom. The van der Waals surface area contributed by atoms with E-state index in [4.69, 9.17) is 5.11 Å². The molecule has 0 saturated carbocycles. The molecule has 0 bridgehead atoms. The molecule has 0 aliphatic heterocycles. The van der Waals surface area contributed by atoms with E-state index in [-0.39, 0.29) is 12.1 Å². The average Bonchev–Trinajstić information content (AvgIpc) is 2.28. The Labute approximate surface area is 97.7 Å². The second-order valence-electron chi connectivity index (χ2n) is 3.28. The zero-order chi connectivity index (χ0) is 12.8. The van der Waals surface area contributed by atoms with Crippen molar-refractivity contribution in [2.24, 2.45) is 0 Å². The summed E-state index contributed by atoms with van der Waals surface area (Å²) in [5, 5.41) is 21.9. The summed E-state index contributed by atoms with van der Waals surface area (Å²) in [7, 11) is 1.60. The molecule has 0 heterocycles. The van der Waals surface area contributed by atoms with Crippen LogP contribution in [0, 0.1) is 10.1 Å². The standard InChI is InChI=1S/C11H12N2O4/c1-12-9-6-5-8(3-2-4-11(14)15)7-10(9)13(16)17/h2-3,5-7,12H,4H2,1H3,(H,14,15). The van der Waals surface area contributed by atoms with Crippen molar-refractivity contribution >= 4 is 23.4 Å². The second kappa shape index (κ2) is 5.64. The van der Waals surface area contributed by atoms with Crippen LogP contribution >= 0.6 is 0 Å². The van der Waals surface area contributed by atoms with Gasteiger partial charge in [0.2, 0.25) is 0 Å². The zero-order valence-corrected chi connectivity index (χ0v) is 9.21. The quantitative estimate of drug-likeness (QED) is 0.603. The number of nitro benzene ring substituents is 1. The molecule has 1 rings (SSSR count). The molecule has 0 spiro atoms. The van der Waals surface area contributed by atoms with Gasteiger partial charge in [0.1, 0.15) is 5.69 Å². The number of nitrogens with one attached hydrogen (secondary N) is 1. The monoisotopic (exact) mass is 236 g/mol. The number of hydrogen-bond acceptors (Lipinski definition) is 4. The van der Waals surface area contributed by atoms with E-state index >= 15 is 0 Å². The van der Waals surface area contributed by atoms with E-state index in [1.165, 1.54) is 12.1 Å². The summed E-state index contributed by atoms with van der Waals surface area (Å²) in [6.45, 7) is 0. The minimum atomic E-state index is -0.942. The fourth-order valence-corrected chi connectivity index (χ4v) is 1.31. The molecule has 1 aromatic carbocycles. The van der Waals surface area contributed by atoms with E-state index in [1.807, 2.05) is 0 Å². The molecule has 6 nitrogen and oxygen atoms in total. The molecule has 90 valence electrons. The lowest BCUT2D eigenvalue weighted by atomic mass is 10.1. The number of carbonyl (C=O) groups is 1. The Balaban J connectivity index is 2.96. The van der Waals surface area contributed by atoms with Crippen LogP contribution in [-0.2, 0) is 4.79 Å². The third kappa shape index (κ3) is 3.60. The summed E-state index contributed by atoms with van der Waals surface area (Å²) in [4.78, 5) is 20.6. The fraction of sp³-hybridized carbons (Fsp3) is 0.182. The first-order valence-electron chi connectivity index (χ1n) is 4.89. The van der Waals surface area contributed by atoms with E-state index in [0.29, 0.717) is 11.3 Å². The molecule has 0 amide bonds. The largest absolute Gasteiger partial charge is 0.481 e. The fourth-order valence-electron chi connectivity index (χ4n) is 1.31. The van der Waals surface area contributed by atoms with Gasteiger partial charge in [-0.2, -0.15) is 0 Å². The van der Waals surface area contributed by atoms with Crippen molar-refractivity contribution in [2.75, 3.05) is 12.4 Å². The van der Waals surface area contributed by atoms with E-state index in [0.717, 1.165) is 0 Å². The van der Waals surface area contributed by atoms with Gasteiger partial charge in [0.05, 0.1) is 11.3 Å². The van der Waals surface area contributed by atoms with Crippen LogP contribution in [-0.4, -0.2) is 23.0 Å². The molecular weight excluding hydrogens is 224 g/mol. The summed E-state index contributed by atoms with van der Waals surface area (Å²) in [5.74, 6) is -0.942. The highest BCUT2D eigenvalue weighted by Gasteiger charge is 2.12. The highest BCUT2D eigenvalue weighted by atomic mass is 16.6. The molecule has 1 aromatic rings. The highest BCUT2D eigenvalue weighted by molar-refractivity contribution is 5.71. The van der Waals surface area contributed by atoms with Crippen LogP contribution in [0.15, 0.2) is 24.3 Å². The molecule has 0 aromatic heterocycles. The summed E-state index contributed by atoms with van der Waals surface area (Å²) < 4.78 is 0. The van der Waals surface area contributed by atoms with Gasteiger partial charge in [-0.15, -0.1) is 0 Å². The Kier molecular flexibility index (Phi) is 4.21. The Hall–Kier alpha value is -2.37. The number of aliphatic carboxylic acids is 1. The minimum Gasteiger partial charge on any atom is -0.481 e. The van der Waals surface area contributed by atoms with Crippen LogP contribution in [0.4, 0.5) is 11.4 Å². The van der Waals surface area contributed by atoms with Gasteiger partial charge in [0.25, 0.3) is 5.69 Å². The van der Waals surface area contributed by atoms with Crippen molar-refractivity contribution in [2.45, 2.75) is 6.42 Å². The van der Waals surface area contributed by atoms with Crippen LogP contribution in [0.3, 0.4) is 0 Å². The number of anilines is 1. The third-order valence-corrected chi connectivity index (χ3v) is 2.09. The zero-order valence-electron chi connectivity index (χ0n) is 9.21. The SMILES string of the molecule is CNc1ccc(C=CCC(=O)O)cc1[N+](=O)[O-]. The molecular formula is C11H12N2O4. The predicted molar refractivity (Wildman–Crippen MR) is 63.9 cm³/mol. The normalized spacial score (nSPS) is 10.4. The third-order valence-electron chi connectivity index (χ3n) is 2.09.